The van der Waals surface area contributed by atoms with E-state index in [1.54, 1.807) is 97.1 Å². The molecule has 0 saturated heterocycles. The van der Waals surface area contributed by atoms with Crippen molar-refractivity contribution in [2.24, 2.45) is 0 Å². The Hall–Kier alpha value is -3.61. The Morgan fingerprint density at radius 3 is 2.06 bits per heavy atom. The van der Waals surface area contributed by atoms with Crippen LogP contribution in [-0.2, 0) is 15.6 Å². The summed E-state index contributed by atoms with van der Waals surface area (Å²) in [5, 5.41) is 3.29. The predicted octanol–water partition coefficient (Wildman–Crippen LogP) is 6.36. The summed E-state index contributed by atoms with van der Waals surface area (Å²) in [7, 11) is -3.46. The quantitative estimate of drug-likeness (QED) is 0.336. The molecule has 0 unspecified atom stereocenters. The lowest BCUT2D eigenvalue weighted by molar-refractivity contribution is 0.102. The highest BCUT2D eigenvalue weighted by molar-refractivity contribution is 7.90. The molecule has 0 aromatic heterocycles. The summed E-state index contributed by atoms with van der Waals surface area (Å²) < 4.78 is 31.0. The number of nitrogens with one attached hydrogen (secondary N) is 1. The third kappa shape index (κ3) is 5.61. The first-order chi connectivity index (χ1) is 15.9. The van der Waals surface area contributed by atoms with E-state index in [0.717, 1.165) is 0 Å². The van der Waals surface area contributed by atoms with E-state index in [-0.39, 0.29) is 16.6 Å². The summed E-state index contributed by atoms with van der Waals surface area (Å²) in [6, 6.07) is 28.9. The van der Waals surface area contributed by atoms with Crippen LogP contribution < -0.4 is 10.1 Å². The molecule has 7 heteroatoms. The van der Waals surface area contributed by atoms with Gasteiger partial charge in [-0.2, -0.15) is 0 Å². The Morgan fingerprint density at radius 2 is 1.36 bits per heavy atom. The molecular formula is C26H20ClNO4S. The van der Waals surface area contributed by atoms with Crippen LogP contribution in [0.3, 0.4) is 0 Å². The molecule has 0 saturated carbocycles. The Bertz CT molecular complexity index is 1370. The molecule has 0 fully saturated rings. The molecule has 5 nitrogen and oxygen atoms in total. The number of rotatable bonds is 7. The summed E-state index contributed by atoms with van der Waals surface area (Å²) in [6.45, 7) is 0. The van der Waals surface area contributed by atoms with Crippen LogP contribution >= 0.6 is 11.6 Å². The second kappa shape index (κ2) is 9.90. The number of hydrogen-bond donors (Lipinski definition) is 1. The number of hydrogen-bond acceptors (Lipinski definition) is 4. The van der Waals surface area contributed by atoms with E-state index in [1.165, 1.54) is 0 Å². The average molecular weight is 478 g/mol. The van der Waals surface area contributed by atoms with Gasteiger partial charge >= 0.3 is 0 Å². The Kier molecular flexibility index (Phi) is 6.77. The third-order valence-electron chi connectivity index (χ3n) is 4.87. The van der Waals surface area contributed by atoms with Gasteiger partial charge < -0.3 is 10.1 Å². The molecular weight excluding hydrogens is 458 g/mol. The summed E-state index contributed by atoms with van der Waals surface area (Å²) >= 11 is 6.17. The number of ether oxygens (including phenoxy) is 1. The lowest BCUT2D eigenvalue weighted by Gasteiger charge is -2.13. The minimum absolute atomic E-state index is 0.145. The van der Waals surface area contributed by atoms with Crippen molar-refractivity contribution >= 4 is 33.0 Å². The van der Waals surface area contributed by atoms with Gasteiger partial charge in [0.25, 0.3) is 5.91 Å². The molecule has 0 atom stereocenters. The van der Waals surface area contributed by atoms with Crippen molar-refractivity contribution < 1.29 is 17.9 Å². The molecule has 0 aliphatic rings. The van der Waals surface area contributed by atoms with E-state index in [0.29, 0.717) is 33.3 Å². The molecule has 4 aromatic carbocycles. The van der Waals surface area contributed by atoms with Gasteiger partial charge in [-0.15, -0.1) is 0 Å². The molecule has 0 aliphatic carbocycles. The number of sulfone groups is 1. The standard InChI is InChI=1S/C26H20ClNO4S/c27-22-10-4-6-12-24(22)32-25-13-7-5-11-23(25)28-26(29)20-16-14-19(15-17-20)18-33(30,31)21-8-2-1-3-9-21/h1-17H,18H2,(H,28,29). The molecule has 0 bridgehead atoms. The van der Waals surface area contributed by atoms with Gasteiger partial charge in [-0.05, 0) is 54.1 Å². The van der Waals surface area contributed by atoms with Gasteiger partial charge in [-0.25, -0.2) is 8.42 Å². The lowest BCUT2D eigenvalue weighted by atomic mass is 10.1. The van der Waals surface area contributed by atoms with Gasteiger partial charge in [-0.1, -0.05) is 66.2 Å². The highest BCUT2D eigenvalue weighted by Crippen LogP contribution is 2.33. The number of para-hydroxylation sites is 3. The highest BCUT2D eigenvalue weighted by Gasteiger charge is 2.16. The minimum Gasteiger partial charge on any atom is -0.454 e. The molecule has 1 amide bonds. The summed E-state index contributed by atoms with van der Waals surface area (Å²) in [5.74, 6) is 0.435. The first kappa shape index (κ1) is 22.6. The van der Waals surface area contributed by atoms with Crippen LogP contribution in [0.2, 0.25) is 5.02 Å². The Morgan fingerprint density at radius 1 is 0.758 bits per heavy atom. The molecule has 0 spiro atoms. The number of anilines is 1. The Balaban J connectivity index is 1.47. The maximum Gasteiger partial charge on any atom is 0.255 e. The normalized spacial score (nSPS) is 11.1. The molecule has 0 heterocycles. The monoisotopic (exact) mass is 477 g/mol. The third-order valence-corrected chi connectivity index (χ3v) is 6.88. The molecule has 166 valence electrons. The van der Waals surface area contributed by atoms with Crippen molar-refractivity contribution in [2.45, 2.75) is 10.6 Å². The van der Waals surface area contributed by atoms with E-state index in [4.69, 9.17) is 16.3 Å². The summed E-state index contributed by atoms with van der Waals surface area (Å²) in [5.41, 5.74) is 1.47. The van der Waals surface area contributed by atoms with Crippen LogP contribution in [0.25, 0.3) is 0 Å². The van der Waals surface area contributed by atoms with Gasteiger partial charge in [0.2, 0.25) is 0 Å². The fraction of sp³-hybridized carbons (Fsp3) is 0.0385. The fourth-order valence-electron chi connectivity index (χ4n) is 3.18. The topological polar surface area (TPSA) is 72.5 Å². The summed E-state index contributed by atoms with van der Waals surface area (Å²) in [4.78, 5) is 13.1. The zero-order valence-electron chi connectivity index (χ0n) is 17.4. The van der Waals surface area contributed by atoms with E-state index < -0.39 is 9.84 Å². The fourth-order valence-corrected chi connectivity index (χ4v) is 4.73. The van der Waals surface area contributed by atoms with E-state index in [2.05, 4.69) is 5.32 Å². The number of benzene rings is 4. The Labute approximate surface area is 197 Å². The van der Waals surface area contributed by atoms with Gasteiger partial charge in [0.15, 0.2) is 15.6 Å². The van der Waals surface area contributed by atoms with Crippen molar-refractivity contribution in [3.05, 3.63) is 119 Å². The van der Waals surface area contributed by atoms with Gasteiger partial charge in [-0.3, -0.25) is 4.79 Å². The van der Waals surface area contributed by atoms with Crippen LogP contribution in [-0.4, -0.2) is 14.3 Å². The smallest absolute Gasteiger partial charge is 0.255 e. The van der Waals surface area contributed by atoms with Gasteiger partial charge in [0, 0.05) is 5.56 Å². The molecule has 4 rings (SSSR count). The second-order valence-corrected chi connectivity index (χ2v) is 9.65. The zero-order valence-corrected chi connectivity index (χ0v) is 19.0. The number of carbonyl (C=O) groups excluding carboxylic acids is 1. The first-order valence-corrected chi connectivity index (χ1v) is 12.1. The number of carbonyl (C=O) groups is 1. The largest absolute Gasteiger partial charge is 0.454 e. The van der Waals surface area contributed by atoms with E-state index in [9.17, 15) is 13.2 Å². The molecule has 0 radical (unpaired) electrons. The molecule has 0 aliphatic heterocycles. The van der Waals surface area contributed by atoms with Gasteiger partial charge in [0.1, 0.15) is 5.75 Å². The van der Waals surface area contributed by atoms with Crippen LogP contribution in [0, 0.1) is 0 Å². The van der Waals surface area contributed by atoms with Crippen LogP contribution in [0.15, 0.2) is 108 Å². The van der Waals surface area contributed by atoms with E-state index >= 15 is 0 Å². The van der Waals surface area contributed by atoms with Crippen molar-refractivity contribution in [3.8, 4) is 11.5 Å². The maximum atomic E-state index is 12.8. The summed E-state index contributed by atoms with van der Waals surface area (Å²) in [6.07, 6.45) is 0. The number of halogens is 1. The SMILES string of the molecule is O=C(Nc1ccccc1Oc1ccccc1Cl)c1ccc(CS(=O)(=O)c2ccccc2)cc1. The van der Waals surface area contributed by atoms with Crippen molar-refractivity contribution in [1.82, 2.24) is 0 Å². The maximum absolute atomic E-state index is 12.8. The second-order valence-electron chi connectivity index (χ2n) is 7.25. The highest BCUT2D eigenvalue weighted by atomic mass is 35.5. The van der Waals surface area contributed by atoms with Crippen LogP contribution in [0.5, 0.6) is 11.5 Å². The van der Waals surface area contributed by atoms with E-state index in [1.807, 2.05) is 6.07 Å². The lowest BCUT2D eigenvalue weighted by Crippen LogP contribution is -2.13. The molecule has 1 N–H and O–H groups in total. The molecule has 4 aromatic rings. The van der Waals surface area contributed by atoms with Crippen molar-refractivity contribution in [2.75, 3.05) is 5.32 Å². The van der Waals surface area contributed by atoms with Gasteiger partial charge in [0.05, 0.1) is 21.4 Å². The minimum atomic E-state index is -3.46. The predicted molar refractivity (Wildman–Crippen MR) is 130 cm³/mol. The van der Waals surface area contributed by atoms with Crippen molar-refractivity contribution in [3.63, 3.8) is 0 Å². The van der Waals surface area contributed by atoms with Crippen LogP contribution in [0.4, 0.5) is 5.69 Å². The first-order valence-electron chi connectivity index (χ1n) is 10.1. The zero-order chi connectivity index (χ0) is 23.3. The van der Waals surface area contributed by atoms with Crippen molar-refractivity contribution in [1.29, 1.82) is 0 Å². The molecule has 33 heavy (non-hydrogen) atoms. The average Bonchev–Trinajstić information content (AvgIpc) is 2.82. The number of amides is 1. The van der Waals surface area contributed by atoms with Crippen LogP contribution in [0.1, 0.15) is 15.9 Å².